The Morgan fingerprint density at radius 2 is 1.70 bits per heavy atom. The number of hydrogen-bond donors (Lipinski definition) is 1. The number of halogens is 2. The lowest BCUT2D eigenvalue weighted by Gasteiger charge is -2.28. The molecule has 0 radical (unpaired) electrons. The molecule has 20 heavy (non-hydrogen) atoms. The van der Waals surface area contributed by atoms with E-state index in [-0.39, 0.29) is 17.7 Å². The van der Waals surface area contributed by atoms with E-state index in [4.69, 9.17) is 0 Å². The lowest BCUT2D eigenvalue weighted by atomic mass is 9.86. The summed E-state index contributed by atoms with van der Waals surface area (Å²) in [5.74, 6) is -0.146. The van der Waals surface area contributed by atoms with Crippen molar-refractivity contribution in [1.82, 2.24) is 5.32 Å². The van der Waals surface area contributed by atoms with Crippen LogP contribution >= 0.6 is 0 Å². The molecule has 1 rings (SSSR count). The molecule has 1 unspecified atom stereocenters. The van der Waals surface area contributed by atoms with E-state index >= 15 is 0 Å². The first kappa shape index (κ1) is 17.1. The Hall–Kier alpha value is -0.960. The molecule has 0 aromatic heterocycles. The molecule has 1 aromatic rings. The zero-order chi connectivity index (χ0) is 15.0. The molecule has 1 nitrogen and oxygen atoms in total. The van der Waals surface area contributed by atoms with Crippen LogP contribution in [0.5, 0.6) is 0 Å². The van der Waals surface area contributed by atoms with Crippen LogP contribution in [0.4, 0.5) is 8.78 Å². The van der Waals surface area contributed by atoms with Gasteiger partial charge >= 0.3 is 0 Å². The van der Waals surface area contributed by atoms with Crippen LogP contribution < -0.4 is 5.32 Å². The fourth-order valence-corrected chi connectivity index (χ4v) is 2.89. The van der Waals surface area contributed by atoms with Crippen molar-refractivity contribution in [2.45, 2.75) is 58.9 Å². The van der Waals surface area contributed by atoms with Crippen molar-refractivity contribution in [2.75, 3.05) is 6.54 Å². The highest BCUT2D eigenvalue weighted by atomic mass is 19.1. The lowest BCUT2D eigenvalue weighted by Crippen LogP contribution is -2.38. The van der Waals surface area contributed by atoms with E-state index in [2.05, 4.69) is 26.1 Å². The minimum atomic E-state index is -0.362. The van der Waals surface area contributed by atoms with Gasteiger partial charge < -0.3 is 5.32 Å². The highest BCUT2D eigenvalue weighted by Crippen LogP contribution is 2.22. The molecule has 114 valence electrons. The van der Waals surface area contributed by atoms with Crippen molar-refractivity contribution >= 4 is 0 Å². The topological polar surface area (TPSA) is 12.0 Å². The van der Waals surface area contributed by atoms with Crippen LogP contribution in [-0.4, -0.2) is 12.6 Å². The molecular formula is C17H27F2N. The third-order valence-corrected chi connectivity index (χ3v) is 3.80. The molecule has 0 bridgehead atoms. The maximum absolute atomic E-state index is 13.8. The summed E-state index contributed by atoms with van der Waals surface area (Å²) < 4.78 is 27.1. The minimum absolute atomic E-state index is 0.219. The van der Waals surface area contributed by atoms with Crippen molar-refractivity contribution in [1.29, 1.82) is 0 Å². The first-order chi connectivity index (χ1) is 9.62. The molecule has 0 aliphatic heterocycles. The molecule has 3 heteroatoms. The van der Waals surface area contributed by atoms with Gasteiger partial charge in [-0.2, -0.15) is 0 Å². The van der Waals surface area contributed by atoms with E-state index in [1.807, 2.05) is 0 Å². The molecule has 0 spiro atoms. The second kappa shape index (κ2) is 9.06. The summed E-state index contributed by atoms with van der Waals surface area (Å²) >= 11 is 0. The Balaban J connectivity index is 2.86. The number of likely N-dealkylation sites (N-methyl/N-ethyl adjacent to an activating group) is 1. The second-order valence-corrected chi connectivity index (χ2v) is 5.44. The molecule has 1 N–H and O–H groups in total. The highest BCUT2D eigenvalue weighted by molar-refractivity contribution is 5.20. The van der Waals surface area contributed by atoms with Crippen LogP contribution in [-0.2, 0) is 6.42 Å². The van der Waals surface area contributed by atoms with Gasteiger partial charge in [-0.1, -0.05) is 33.6 Å². The Kier molecular flexibility index (Phi) is 7.75. The lowest BCUT2D eigenvalue weighted by molar-refractivity contribution is 0.310. The average molecular weight is 283 g/mol. The van der Waals surface area contributed by atoms with Gasteiger partial charge in [-0.15, -0.1) is 0 Å². The summed E-state index contributed by atoms with van der Waals surface area (Å²) in [6.45, 7) is 7.26. The van der Waals surface area contributed by atoms with Gasteiger partial charge in [0.05, 0.1) is 0 Å². The highest BCUT2D eigenvalue weighted by Gasteiger charge is 2.21. The van der Waals surface area contributed by atoms with Crippen molar-refractivity contribution in [2.24, 2.45) is 5.92 Å². The molecule has 0 amide bonds. The van der Waals surface area contributed by atoms with E-state index in [0.29, 0.717) is 17.9 Å². The molecule has 0 aliphatic carbocycles. The number of nitrogens with one attached hydrogen (secondary N) is 1. The Morgan fingerprint density at radius 3 is 2.25 bits per heavy atom. The molecule has 1 atom stereocenters. The molecule has 0 fully saturated rings. The van der Waals surface area contributed by atoms with Crippen LogP contribution in [0.15, 0.2) is 18.2 Å². The van der Waals surface area contributed by atoms with Crippen LogP contribution in [0.25, 0.3) is 0 Å². The van der Waals surface area contributed by atoms with Crippen molar-refractivity contribution in [3.05, 3.63) is 35.4 Å². The molecule has 0 saturated carbocycles. The van der Waals surface area contributed by atoms with Crippen LogP contribution in [0.3, 0.4) is 0 Å². The van der Waals surface area contributed by atoms with Gasteiger partial charge in [-0.05, 0) is 55.5 Å². The Bertz CT molecular complexity index is 387. The maximum atomic E-state index is 13.8. The fourth-order valence-electron chi connectivity index (χ4n) is 2.89. The quantitative estimate of drug-likeness (QED) is 0.692. The minimum Gasteiger partial charge on any atom is -0.314 e. The number of hydrogen-bond acceptors (Lipinski definition) is 1. The summed E-state index contributed by atoms with van der Waals surface area (Å²) in [5, 5.41) is 3.46. The van der Waals surface area contributed by atoms with E-state index < -0.39 is 0 Å². The SMILES string of the molecule is CCCC(CCC)C(Cc1cc(F)ccc1F)NCC. The normalized spacial score (nSPS) is 12.9. The molecule has 0 saturated heterocycles. The summed E-state index contributed by atoms with van der Waals surface area (Å²) in [6.07, 6.45) is 5.06. The average Bonchev–Trinajstić information content (AvgIpc) is 2.42. The van der Waals surface area contributed by atoms with Gasteiger partial charge in [0.15, 0.2) is 0 Å². The zero-order valence-corrected chi connectivity index (χ0v) is 12.9. The van der Waals surface area contributed by atoms with Crippen LogP contribution in [0.2, 0.25) is 0 Å². The van der Waals surface area contributed by atoms with Gasteiger partial charge in [0.1, 0.15) is 11.6 Å². The van der Waals surface area contributed by atoms with Crippen LogP contribution in [0, 0.1) is 17.6 Å². The number of benzene rings is 1. The monoisotopic (exact) mass is 283 g/mol. The van der Waals surface area contributed by atoms with E-state index in [9.17, 15) is 8.78 Å². The van der Waals surface area contributed by atoms with Crippen molar-refractivity contribution in [3.8, 4) is 0 Å². The molecule has 0 aliphatic rings. The zero-order valence-electron chi connectivity index (χ0n) is 12.9. The van der Waals surface area contributed by atoms with E-state index in [1.165, 1.54) is 18.2 Å². The standard InChI is InChI=1S/C17H27F2N/c1-4-7-13(8-5-2)17(20-6-3)12-14-11-15(18)9-10-16(14)19/h9-11,13,17,20H,4-8,12H2,1-3H3. The van der Waals surface area contributed by atoms with Gasteiger partial charge in [0.25, 0.3) is 0 Å². The predicted molar refractivity (Wildman–Crippen MR) is 80.8 cm³/mol. The number of rotatable bonds is 9. The second-order valence-electron chi connectivity index (χ2n) is 5.44. The summed E-state index contributed by atoms with van der Waals surface area (Å²) in [6, 6.07) is 3.95. The first-order valence-electron chi connectivity index (χ1n) is 7.79. The van der Waals surface area contributed by atoms with Crippen molar-refractivity contribution < 1.29 is 8.78 Å². The van der Waals surface area contributed by atoms with Crippen molar-refractivity contribution in [3.63, 3.8) is 0 Å². The van der Waals surface area contributed by atoms with Crippen LogP contribution in [0.1, 0.15) is 52.0 Å². The largest absolute Gasteiger partial charge is 0.314 e. The summed E-state index contributed by atoms with van der Waals surface area (Å²) in [7, 11) is 0. The maximum Gasteiger partial charge on any atom is 0.126 e. The van der Waals surface area contributed by atoms with E-state index in [0.717, 1.165) is 32.2 Å². The van der Waals surface area contributed by atoms with E-state index in [1.54, 1.807) is 0 Å². The third kappa shape index (κ3) is 5.20. The fraction of sp³-hybridized carbons (Fsp3) is 0.647. The predicted octanol–water partition coefficient (Wildman–Crippen LogP) is 4.70. The molecule has 0 heterocycles. The summed E-state index contributed by atoms with van der Waals surface area (Å²) in [5.41, 5.74) is 0.480. The smallest absolute Gasteiger partial charge is 0.126 e. The van der Waals surface area contributed by atoms with Gasteiger partial charge in [-0.25, -0.2) is 8.78 Å². The Labute approximate surface area is 121 Å². The summed E-state index contributed by atoms with van der Waals surface area (Å²) in [4.78, 5) is 0. The van der Waals surface area contributed by atoms with Gasteiger partial charge in [0.2, 0.25) is 0 Å². The van der Waals surface area contributed by atoms with Gasteiger partial charge in [0, 0.05) is 6.04 Å². The van der Waals surface area contributed by atoms with Gasteiger partial charge in [-0.3, -0.25) is 0 Å². The Morgan fingerprint density at radius 1 is 1.05 bits per heavy atom. The molecular weight excluding hydrogens is 256 g/mol. The first-order valence-corrected chi connectivity index (χ1v) is 7.79. The third-order valence-electron chi connectivity index (χ3n) is 3.80. The molecule has 1 aromatic carbocycles.